The van der Waals surface area contributed by atoms with Crippen molar-refractivity contribution in [2.24, 2.45) is 9.98 Å². The van der Waals surface area contributed by atoms with Gasteiger partial charge in [-0.3, -0.25) is 24.4 Å². The number of hydrogen-bond acceptors (Lipinski definition) is 13. The van der Waals surface area contributed by atoms with Gasteiger partial charge in [-0.05, 0) is 121 Å². The molecule has 2 atom stereocenters. The Bertz CT molecular complexity index is 3130. The fourth-order valence-corrected chi connectivity index (χ4v) is 11.0. The highest BCUT2D eigenvalue weighted by molar-refractivity contribution is 6.69. The molecule has 408 valence electrons. The van der Waals surface area contributed by atoms with Gasteiger partial charge in [0.25, 0.3) is 11.8 Å². The monoisotopic (exact) mass is 1080 g/mol. The third kappa shape index (κ3) is 13.3. The normalized spacial score (nSPS) is 16.4. The standard InChI is InChI=1S/C61H69N5O11Si/c1-40-10-12-44(13-11-40)46-29-50-35-63-55-33-58(57(73-5)31-53(55)61(69)66(50)36-46)77-39-43-26-42(27-48(28-43)64(59(67)9-8-24-78(6,7)70)18-19-74-22-23-75-21-20-71-3)38-76-56-32-54-52(25-41(56)2)60(68)65-37-47(30-49(65)34-62-54)45-14-16-51(72-4)17-15-45/h10-17,25-28,31-37,49-50,70H,8-9,18-24,29-30,38-39H2,1-7H3/t49-,50-/m0/s1. The molecule has 1 N–H and O–H groups in total. The van der Waals surface area contributed by atoms with Gasteiger partial charge in [0.15, 0.2) is 19.8 Å². The molecule has 0 spiro atoms. The van der Waals surface area contributed by atoms with Crippen molar-refractivity contribution < 1.29 is 52.3 Å². The van der Waals surface area contributed by atoms with E-state index in [2.05, 4.69) is 24.3 Å². The van der Waals surface area contributed by atoms with Crippen LogP contribution in [0.25, 0.3) is 11.1 Å². The summed E-state index contributed by atoms with van der Waals surface area (Å²) in [7, 11) is 2.37. The van der Waals surface area contributed by atoms with E-state index in [0.717, 1.165) is 44.7 Å². The highest BCUT2D eigenvalue weighted by atomic mass is 28.4. The molecule has 4 aliphatic heterocycles. The highest BCUT2D eigenvalue weighted by Crippen LogP contribution is 2.41. The summed E-state index contributed by atoms with van der Waals surface area (Å²) in [6, 6.07) is 29.0. The molecule has 9 rings (SSSR count). The van der Waals surface area contributed by atoms with Gasteiger partial charge in [-0.1, -0.05) is 42.0 Å². The molecule has 4 heterocycles. The number of aryl methyl sites for hydroxylation is 2. The predicted molar refractivity (Wildman–Crippen MR) is 304 cm³/mol. The Morgan fingerprint density at radius 2 is 1.22 bits per heavy atom. The van der Waals surface area contributed by atoms with E-state index < -0.39 is 8.32 Å². The van der Waals surface area contributed by atoms with Gasteiger partial charge in [-0.2, -0.15) is 0 Å². The highest BCUT2D eigenvalue weighted by Gasteiger charge is 2.35. The summed E-state index contributed by atoms with van der Waals surface area (Å²) in [6.45, 7) is 9.96. The predicted octanol–water partition coefficient (Wildman–Crippen LogP) is 10.4. The Hall–Kier alpha value is -7.41. The van der Waals surface area contributed by atoms with Gasteiger partial charge < -0.3 is 52.7 Å². The van der Waals surface area contributed by atoms with Gasteiger partial charge in [-0.15, -0.1) is 0 Å². The van der Waals surface area contributed by atoms with Crippen LogP contribution in [0.5, 0.6) is 23.0 Å². The topological polar surface area (TPSA) is 170 Å². The van der Waals surface area contributed by atoms with Crippen molar-refractivity contribution in [2.45, 2.75) is 84.0 Å². The largest absolute Gasteiger partial charge is 0.497 e. The molecule has 17 heteroatoms. The van der Waals surface area contributed by atoms with Crippen molar-refractivity contribution in [3.63, 3.8) is 0 Å². The molecule has 78 heavy (non-hydrogen) atoms. The van der Waals surface area contributed by atoms with Gasteiger partial charge in [0.05, 0.1) is 81.8 Å². The van der Waals surface area contributed by atoms with E-state index in [1.807, 2.05) is 106 Å². The number of rotatable bonds is 24. The second-order valence-corrected chi connectivity index (χ2v) is 24.7. The lowest BCUT2D eigenvalue weighted by Gasteiger charge is -2.25. The van der Waals surface area contributed by atoms with Crippen LogP contribution in [0.1, 0.15) is 79.8 Å². The average molecular weight is 1080 g/mol. The van der Waals surface area contributed by atoms with Crippen LogP contribution < -0.4 is 23.8 Å². The van der Waals surface area contributed by atoms with Crippen LogP contribution >= 0.6 is 0 Å². The molecular weight excluding hydrogens is 1010 g/mol. The number of carbonyl (C=O) groups excluding carboxylic acids is 3. The number of hydrogen-bond donors (Lipinski definition) is 1. The number of methoxy groups -OCH3 is 3. The van der Waals surface area contributed by atoms with Crippen LogP contribution in [0.3, 0.4) is 0 Å². The fourth-order valence-electron chi connectivity index (χ4n) is 9.94. The Morgan fingerprint density at radius 3 is 1.79 bits per heavy atom. The molecule has 0 aliphatic carbocycles. The van der Waals surface area contributed by atoms with E-state index in [1.54, 1.807) is 41.1 Å². The summed E-state index contributed by atoms with van der Waals surface area (Å²) in [5.41, 5.74) is 10.0. The summed E-state index contributed by atoms with van der Waals surface area (Å²) >= 11 is 0. The quantitative estimate of drug-likeness (QED) is 0.0461. The van der Waals surface area contributed by atoms with Gasteiger partial charge in [0, 0.05) is 75.6 Å². The minimum absolute atomic E-state index is 0.0493. The summed E-state index contributed by atoms with van der Waals surface area (Å²) in [4.78, 5) is 68.2. The van der Waals surface area contributed by atoms with Crippen molar-refractivity contribution in [3.8, 4) is 23.0 Å². The molecule has 0 aromatic heterocycles. The SMILES string of the molecule is COCCOCCOCCN(C(=O)CCC[Si](C)(C)O)c1cc(COc2cc3c(cc2C)C(=O)N2C=C(c4ccc(OC)cc4)C[C@H]2C=N3)cc(COc2cc3c(cc2OC)C(=O)N2C=C(c4ccc(C)cc4)C[C@H]2C=N3)c1. The summed E-state index contributed by atoms with van der Waals surface area (Å²) in [6.07, 6.45) is 9.49. The van der Waals surface area contributed by atoms with E-state index in [4.69, 9.17) is 43.1 Å². The van der Waals surface area contributed by atoms with Gasteiger partial charge >= 0.3 is 0 Å². The van der Waals surface area contributed by atoms with Crippen LogP contribution in [0.15, 0.2) is 113 Å². The Balaban J connectivity index is 0.978. The molecule has 0 saturated carbocycles. The smallest absolute Gasteiger partial charge is 0.260 e. The van der Waals surface area contributed by atoms with Crippen molar-refractivity contribution in [2.75, 3.05) is 65.8 Å². The van der Waals surface area contributed by atoms with Crippen molar-refractivity contribution in [1.29, 1.82) is 0 Å². The molecule has 3 amide bonds. The first-order valence-corrected chi connectivity index (χ1v) is 29.6. The minimum atomic E-state index is -2.41. The molecule has 0 bridgehead atoms. The fraction of sp³-hybridized carbons (Fsp3) is 0.361. The summed E-state index contributed by atoms with van der Waals surface area (Å²) in [5.74, 6) is 1.61. The number of benzene rings is 5. The van der Waals surface area contributed by atoms with Gasteiger partial charge in [0.2, 0.25) is 5.91 Å². The zero-order valence-corrected chi connectivity index (χ0v) is 46.6. The molecule has 16 nitrogen and oxygen atoms in total. The number of fused-ring (bicyclic) bond motifs is 4. The zero-order valence-electron chi connectivity index (χ0n) is 45.6. The first-order chi connectivity index (χ1) is 37.7. The zero-order chi connectivity index (χ0) is 54.9. The van der Waals surface area contributed by atoms with Crippen molar-refractivity contribution >= 4 is 66.7 Å². The Morgan fingerprint density at radius 1 is 0.667 bits per heavy atom. The van der Waals surface area contributed by atoms with E-state index in [9.17, 15) is 19.2 Å². The van der Waals surface area contributed by atoms with E-state index >= 15 is 0 Å². The molecule has 4 aliphatic rings. The van der Waals surface area contributed by atoms with Crippen LogP contribution in [0.4, 0.5) is 17.1 Å². The third-order valence-corrected chi connectivity index (χ3v) is 15.8. The number of anilines is 1. The molecule has 0 unspecified atom stereocenters. The average Bonchev–Trinajstić information content (AvgIpc) is 4.19. The maximum atomic E-state index is 14.3. The summed E-state index contributed by atoms with van der Waals surface area (Å²) in [5, 5.41) is 0. The number of carbonyl (C=O) groups is 3. The van der Waals surface area contributed by atoms with Crippen molar-refractivity contribution in [3.05, 3.63) is 148 Å². The first-order valence-electron chi connectivity index (χ1n) is 26.5. The van der Waals surface area contributed by atoms with Crippen molar-refractivity contribution in [1.82, 2.24) is 9.80 Å². The molecule has 0 saturated heterocycles. The summed E-state index contributed by atoms with van der Waals surface area (Å²) < 4.78 is 41.0. The number of nitrogens with zero attached hydrogens (tertiary/aromatic N) is 5. The molecule has 0 radical (unpaired) electrons. The van der Waals surface area contributed by atoms with E-state index in [-0.39, 0.29) is 62.6 Å². The maximum Gasteiger partial charge on any atom is 0.260 e. The lowest BCUT2D eigenvalue weighted by atomic mass is 10.0. The van der Waals surface area contributed by atoms with Crippen LogP contribution in [0.2, 0.25) is 19.1 Å². The maximum absolute atomic E-state index is 14.3. The van der Waals surface area contributed by atoms with Crippen LogP contribution in [-0.4, -0.2) is 126 Å². The Kier molecular flexibility index (Phi) is 17.7. The molecular formula is C61H69N5O11Si. The lowest BCUT2D eigenvalue weighted by molar-refractivity contribution is -0.118. The first kappa shape index (κ1) is 55.3. The second-order valence-electron chi connectivity index (χ2n) is 20.6. The van der Waals surface area contributed by atoms with Gasteiger partial charge in [0.1, 0.15) is 24.7 Å². The van der Waals surface area contributed by atoms with Crippen LogP contribution in [0, 0.1) is 13.8 Å². The number of ether oxygens (including phenoxy) is 7. The van der Waals surface area contributed by atoms with Crippen LogP contribution in [-0.2, 0) is 32.2 Å². The number of aliphatic imine (C=N–C) groups is 2. The molecule has 5 aromatic carbocycles. The molecule has 0 fully saturated rings. The third-order valence-electron chi connectivity index (χ3n) is 14.2. The van der Waals surface area contributed by atoms with Gasteiger partial charge in [-0.25, -0.2) is 0 Å². The Labute approximate surface area is 457 Å². The second kappa shape index (κ2) is 24.9. The minimum Gasteiger partial charge on any atom is -0.497 e. The lowest BCUT2D eigenvalue weighted by Crippen LogP contribution is -2.35. The van der Waals surface area contributed by atoms with E-state index in [0.29, 0.717) is 97.2 Å². The molecule has 5 aromatic rings. The van der Waals surface area contributed by atoms with E-state index in [1.165, 1.54) is 12.7 Å². The number of amides is 3.